The molecule has 24 heavy (non-hydrogen) atoms. The molecule has 1 atom stereocenters. The molecule has 0 bridgehead atoms. The molecule has 0 radical (unpaired) electrons. The molecule has 1 aromatic carbocycles. The van der Waals surface area contributed by atoms with Gasteiger partial charge in [0.2, 0.25) is 0 Å². The molecular weight excluding hydrogens is 320 g/mol. The van der Waals surface area contributed by atoms with E-state index < -0.39 is 0 Å². The fourth-order valence-corrected chi connectivity index (χ4v) is 5.32. The number of hydrogen-bond donors (Lipinski definition) is 1. The SMILES string of the molecule is COc1cc2c(cc1O)[C@@H]1Cc3sc(CN(C)C)cc3CN1CC2. The molecule has 0 unspecified atom stereocenters. The van der Waals surface area contributed by atoms with Crippen LogP contribution in [0.5, 0.6) is 11.5 Å². The van der Waals surface area contributed by atoms with E-state index in [1.165, 1.54) is 26.4 Å². The van der Waals surface area contributed by atoms with E-state index in [2.05, 4.69) is 30.0 Å². The number of ether oxygens (including phenoxy) is 1. The third kappa shape index (κ3) is 2.70. The minimum atomic E-state index is 0.253. The van der Waals surface area contributed by atoms with Crippen LogP contribution in [0.15, 0.2) is 18.2 Å². The van der Waals surface area contributed by atoms with Gasteiger partial charge in [-0.1, -0.05) is 0 Å². The Labute approximate surface area is 147 Å². The molecular formula is C19H24N2O2S. The molecule has 0 spiro atoms. The molecule has 0 saturated heterocycles. The molecule has 5 heteroatoms. The van der Waals surface area contributed by atoms with Gasteiger partial charge in [0.1, 0.15) is 0 Å². The van der Waals surface area contributed by atoms with Crippen molar-refractivity contribution in [3.63, 3.8) is 0 Å². The average Bonchev–Trinajstić information content (AvgIpc) is 2.92. The van der Waals surface area contributed by atoms with Gasteiger partial charge >= 0.3 is 0 Å². The normalized spacial score (nSPS) is 19.8. The van der Waals surface area contributed by atoms with E-state index in [4.69, 9.17) is 4.74 Å². The number of methoxy groups -OCH3 is 1. The maximum atomic E-state index is 10.2. The van der Waals surface area contributed by atoms with Gasteiger partial charge in [0.05, 0.1) is 7.11 Å². The van der Waals surface area contributed by atoms with Crippen molar-refractivity contribution in [3.05, 3.63) is 44.6 Å². The maximum Gasteiger partial charge on any atom is 0.160 e. The second-order valence-electron chi connectivity index (χ2n) is 7.06. The van der Waals surface area contributed by atoms with Gasteiger partial charge in [-0.25, -0.2) is 0 Å². The Hall–Kier alpha value is -1.56. The quantitative estimate of drug-likeness (QED) is 0.928. The van der Waals surface area contributed by atoms with Gasteiger partial charge in [0.25, 0.3) is 0 Å². The molecule has 0 saturated carbocycles. The summed E-state index contributed by atoms with van der Waals surface area (Å²) >= 11 is 1.95. The summed E-state index contributed by atoms with van der Waals surface area (Å²) in [5.74, 6) is 0.839. The lowest BCUT2D eigenvalue weighted by Crippen LogP contribution is -2.38. The van der Waals surface area contributed by atoms with Crippen LogP contribution in [0.25, 0.3) is 0 Å². The molecule has 0 amide bonds. The minimum absolute atomic E-state index is 0.253. The average molecular weight is 344 g/mol. The van der Waals surface area contributed by atoms with Crippen LogP contribution in [0, 0.1) is 0 Å². The Balaban J connectivity index is 1.67. The Bertz CT molecular complexity index is 769. The highest BCUT2D eigenvalue weighted by molar-refractivity contribution is 7.12. The predicted octanol–water partition coefficient (Wildman–Crippen LogP) is 3.18. The Morgan fingerprint density at radius 1 is 1.29 bits per heavy atom. The number of rotatable bonds is 3. The van der Waals surface area contributed by atoms with E-state index in [0.29, 0.717) is 11.8 Å². The lowest BCUT2D eigenvalue weighted by molar-refractivity contribution is 0.162. The summed E-state index contributed by atoms with van der Waals surface area (Å²) in [4.78, 5) is 7.74. The maximum absolute atomic E-state index is 10.2. The van der Waals surface area contributed by atoms with E-state index in [9.17, 15) is 5.11 Å². The van der Waals surface area contributed by atoms with Gasteiger partial charge in [0, 0.05) is 41.9 Å². The van der Waals surface area contributed by atoms with Crippen LogP contribution in [-0.4, -0.2) is 42.7 Å². The first-order chi connectivity index (χ1) is 11.5. The van der Waals surface area contributed by atoms with Crippen LogP contribution < -0.4 is 4.74 Å². The van der Waals surface area contributed by atoms with Crippen molar-refractivity contribution < 1.29 is 9.84 Å². The van der Waals surface area contributed by atoms with E-state index in [-0.39, 0.29) is 5.75 Å². The third-order valence-electron chi connectivity index (χ3n) is 5.08. The van der Waals surface area contributed by atoms with Gasteiger partial charge in [-0.3, -0.25) is 4.90 Å². The fourth-order valence-electron chi connectivity index (χ4n) is 3.98. The van der Waals surface area contributed by atoms with Gasteiger partial charge < -0.3 is 14.7 Å². The number of nitrogens with zero attached hydrogens (tertiary/aromatic N) is 2. The van der Waals surface area contributed by atoms with Crippen molar-refractivity contribution in [3.8, 4) is 11.5 Å². The summed E-state index contributed by atoms with van der Waals surface area (Å²) in [6.45, 7) is 3.11. The summed E-state index contributed by atoms with van der Waals surface area (Å²) in [6, 6.07) is 6.70. The lowest BCUT2D eigenvalue weighted by atomic mass is 9.86. The van der Waals surface area contributed by atoms with Crippen LogP contribution in [0.3, 0.4) is 0 Å². The van der Waals surface area contributed by atoms with Gasteiger partial charge in [-0.2, -0.15) is 0 Å². The van der Waals surface area contributed by atoms with Crippen molar-refractivity contribution in [2.75, 3.05) is 27.7 Å². The summed E-state index contributed by atoms with van der Waals surface area (Å²) < 4.78 is 5.28. The summed E-state index contributed by atoms with van der Waals surface area (Å²) in [5, 5.41) is 10.2. The first-order valence-electron chi connectivity index (χ1n) is 8.44. The highest BCUT2D eigenvalue weighted by Crippen LogP contribution is 2.43. The number of fused-ring (bicyclic) bond motifs is 4. The van der Waals surface area contributed by atoms with E-state index in [1.54, 1.807) is 7.11 Å². The number of hydrogen-bond acceptors (Lipinski definition) is 5. The first kappa shape index (κ1) is 15.9. The van der Waals surface area contributed by atoms with E-state index in [0.717, 1.165) is 32.5 Å². The smallest absolute Gasteiger partial charge is 0.160 e. The minimum Gasteiger partial charge on any atom is -0.504 e. The summed E-state index contributed by atoms with van der Waals surface area (Å²) in [7, 11) is 5.85. The number of benzene rings is 1. The summed E-state index contributed by atoms with van der Waals surface area (Å²) in [5.41, 5.74) is 4.08. The molecule has 1 N–H and O–H groups in total. The largest absolute Gasteiger partial charge is 0.504 e. The van der Waals surface area contributed by atoms with Crippen LogP contribution in [0.2, 0.25) is 0 Å². The zero-order valence-electron chi connectivity index (χ0n) is 14.5. The Morgan fingerprint density at radius 2 is 2.12 bits per heavy atom. The molecule has 128 valence electrons. The molecule has 0 fully saturated rings. The van der Waals surface area contributed by atoms with E-state index >= 15 is 0 Å². The van der Waals surface area contributed by atoms with Crippen LogP contribution in [0.1, 0.15) is 32.5 Å². The predicted molar refractivity (Wildman–Crippen MR) is 96.9 cm³/mol. The van der Waals surface area contributed by atoms with Crippen molar-refractivity contribution in [2.45, 2.75) is 32.0 Å². The fraction of sp³-hybridized carbons (Fsp3) is 0.474. The lowest BCUT2D eigenvalue weighted by Gasteiger charge is -2.40. The van der Waals surface area contributed by atoms with Crippen molar-refractivity contribution in [1.82, 2.24) is 9.80 Å². The van der Waals surface area contributed by atoms with Crippen molar-refractivity contribution in [2.24, 2.45) is 0 Å². The number of phenols is 1. The van der Waals surface area contributed by atoms with Crippen molar-refractivity contribution >= 4 is 11.3 Å². The van der Waals surface area contributed by atoms with Gasteiger partial charge in [-0.05, 0) is 55.4 Å². The Morgan fingerprint density at radius 3 is 2.88 bits per heavy atom. The number of aromatic hydroxyl groups is 1. The van der Waals surface area contributed by atoms with Crippen molar-refractivity contribution in [1.29, 1.82) is 0 Å². The van der Waals surface area contributed by atoms with Crippen LogP contribution >= 0.6 is 11.3 Å². The molecule has 4 nitrogen and oxygen atoms in total. The van der Waals surface area contributed by atoms with Crippen LogP contribution in [0.4, 0.5) is 0 Å². The summed E-state index contributed by atoms with van der Waals surface area (Å²) in [6.07, 6.45) is 2.07. The zero-order valence-corrected chi connectivity index (χ0v) is 15.3. The molecule has 2 aliphatic heterocycles. The first-order valence-corrected chi connectivity index (χ1v) is 9.26. The second-order valence-corrected chi connectivity index (χ2v) is 8.28. The molecule has 2 aromatic rings. The second kappa shape index (κ2) is 6.06. The molecule has 4 rings (SSSR count). The number of thiophene rings is 1. The molecule has 0 aliphatic carbocycles. The van der Waals surface area contributed by atoms with E-state index in [1.807, 2.05) is 23.5 Å². The highest BCUT2D eigenvalue weighted by Gasteiger charge is 2.33. The third-order valence-corrected chi connectivity index (χ3v) is 6.27. The van der Waals surface area contributed by atoms with Crippen LogP contribution in [-0.2, 0) is 25.9 Å². The van der Waals surface area contributed by atoms with Gasteiger partial charge in [0.15, 0.2) is 11.5 Å². The standard InChI is InChI=1S/C19H24N2O2S/c1-20(2)11-14-6-13-10-21-5-4-12-7-18(23-3)17(22)8-15(12)16(21)9-19(13)24-14/h6-8,16,22H,4-5,9-11H2,1-3H3/t16-/m0/s1. The molecule has 3 heterocycles. The monoisotopic (exact) mass is 344 g/mol. The molecule has 2 aliphatic rings. The Kier molecular flexibility index (Phi) is 4.03. The molecule has 1 aromatic heterocycles. The highest BCUT2D eigenvalue weighted by atomic mass is 32.1. The zero-order chi connectivity index (χ0) is 16.8. The van der Waals surface area contributed by atoms with Gasteiger partial charge in [-0.15, -0.1) is 11.3 Å². The number of phenolic OH excluding ortho intramolecular Hbond substituents is 1. The topological polar surface area (TPSA) is 35.9 Å².